The molecule has 9 N–H and O–H groups in total. The Morgan fingerprint density at radius 3 is 2.11 bits per heavy atom. The third kappa shape index (κ3) is 5.56. The molecule has 14 nitrogen and oxygen atoms in total. The molecule has 0 aromatic heterocycles. The number of fused-ring (bicyclic) bond motifs is 2. The van der Waals surface area contributed by atoms with Gasteiger partial charge in [-0.15, -0.1) is 0 Å². The Morgan fingerprint density at radius 1 is 0.782 bits per heavy atom. The highest BCUT2D eigenvalue weighted by Gasteiger charge is 2.85. The predicted octanol–water partition coefficient (Wildman–Crippen LogP) is 0.726. The van der Waals surface area contributed by atoms with Gasteiger partial charge in [0.1, 0.15) is 36.1 Å². The summed E-state index contributed by atoms with van der Waals surface area (Å²) in [6.45, 7) is 12.8. The number of aliphatic hydroxyl groups excluding tert-OH is 7. The molecule has 8 fully saturated rings. The van der Waals surface area contributed by atoms with Gasteiger partial charge in [-0.3, -0.25) is 0 Å². The number of hydrogen-bond donors (Lipinski definition) is 9. The molecule has 3 aliphatic heterocycles. The molecular formula is C41H68O14. The van der Waals surface area contributed by atoms with Crippen LogP contribution >= 0.6 is 0 Å². The Hall–Kier alpha value is -0.560. The Labute approximate surface area is 324 Å². The number of rotatable bonds is 8. The Bertz CT molecular complexity index is 1470. The fourth-order valence-corrected chi connectivity index (χ4v) is 14.9. The van der Waals surface area contributed by atoms with E-state index < -0.39 is 103 Å². The van der Waals surface area contributed by atoms with E-state index in [9.17, 15) is 46.0 Å². The first-order valence-electron chi connectivity index (χ1n) is 20.8. The molecule has 316 valence electrons. The third-order valence-corrected chi connectivity index (χ3v) is 17.7. The van der Waals surface area contributed by atoms with Crippen LogP contribution in [0.3, 0.4) is 0 Å². The first kappa shape index (κ1) is 41.2. The highest BCUT2D eigenvalue weighted by atomic mass is 16.8. The van der Waals surface area contributed by atoms with Crippen LogP contribution in [0.1, 0.15) is 106 Å². The van der Waals surface area contributed by atoms with Gasteiger partial charge in [-0.05, 0) is 117 Å². The monoisotopic (exact) mass is 784 g/mol. The van der Waals surface area contributed by atoms with Gasteiger partial charge in [-0.25, -0.2) is 0 Å². The van der Waals surface area contributed by atoms with E-state index in [2.05, 4.69) is 34.6 Å². The van der Waals surface area contributed by atoms with Gasteiger partial charge in [0, 0.05) is 5.92 Å². The van der Waals surface area contributed by atoms with Crippen LogP contribution in [0.4, 0.5) is 0 Å². The summed E-state index contributed by atoms with van der Waals surface area (Å²) >= 11 is 0. The summed E-state index contributed by atoms with van der Waals surface area (Å²) in [6.07, 6.45) is -5.03. The number of hydrogen-bond acceptors (Lipinski definition) is 14. The smallest absolute Gasteiger partial charge is 0.187 e. The van der Waals surface area contributed by atoms with Gasteiger partial charge >= 0.3 is 0 Å². The molecule has 0 amide bonds. The molecule has 0 aromatic rings. The van der Waals surface area contributed by atoms with Crippen molar-refractivity contribution in [3.05, 3.63) is 0 Å². The summed E-state index contributed by atoms with van der Waals surface area (Å²) in [6, 6.07) is 0. The molecule has 0 aromatic carbocycles. The molecule has 14 heteroatoms. The van der Waals surface area contributed by atoms with E-state index >= 15 is 0 Å². The third-order valence-electron chi connectivity index (χ3n) is 17.7. The van der Waals surface area contributed by atoms with E-state index in [0.717, 1.165) is 38.5 Å². The van der Waals surface area contributed by atoms with Crippen LogP contribution in [0.15, 0.2) is 0 Å². The van der Waals surface area contributed by atoms with Crippen molar-refractivity contribution >= 4 is 0 Å². The molecule has 3 heterocycles. The minimum absolute atomic E-state index is 0.00376. The van der Waals surface area contributed by atoms with Gasteiger partial charge in [0.25, 0.3) is 0 Å². The molecular weight excluding hydrogens is 716 g/mol. The van der Waals surface area contributed by atoms with Gasteiger partial charge in [0.15, 0.2) is 12.6 Å². The molecule has 5 aliphatic carbocycles. The normalized spacial score (nSPS) is 58.5. The zero-order valence-corrected chi connectivity index (χ0v) is 33.6. The second kappa shape index (κ2) is 13.0. The van der Waals surface area contributed by atoms with E-state index in [1.165, 1.54) is 0 Å². The quantitative estimate of drug-likeness (QED) is 0.155. The molecule has 8 rings (SSSR count). The molecule has 20 atom stereocenters. The van der Waals surface area contributed by atoms with Crippen LogP contribution in [0.2, 0.25) is 0 Å². The summed E-state index contributed by atoms with van der Waals surface area (Å²) in [7, 11) is 0. The zero-order valence-electron chi connectivity index (χ0n) is 33.6. The largest absolute Gasteiger partial charge is 0.394 e. The maximum absolute atomic E-state index is 12.4. The van der Waals surface area contributed by atoms with Crippen molar-refractivity contribution in [2.45, 2.75) is 191 Å². The minimum atomic E-state index is -1.98. The van der Waals surface area contributed by atoms with Gasteiger partial charge in [-0.2, -0.15) is 0 Å². The van der Waals surface area contributed by atoms with Crippen molar-refractivity contribution < 1.29 is 69.6 Å². The molecule has 0 unspecified atom stereocenters. The molecule has 55 heavy (non-hydrogen) atoms. The van der Waals surface area contributed by atoms with Crippen molar-refractivity contribution in [1.82, 2.24) is 0 Å². The van der Waals surface area contributed by atoms with Crippen LogP contribution in [-0.2, 0) is 23.7 Å². The molecule has 0 radical (unpaired) electrons. The second-order valence-electron chi connectivity index (χ2n) is 21.2. The van der Waals surface area contributed by atoms with Crippen molar-refractivity contribution in [3.63, 3.8) is 0 Å². The van der Waals surface area contributed by atoms with Crippen LogP contribution in [0.5, 0.6) is 0 Å². The van der Waals surface area contributed by atoms with E-state index in [-0.39, 0.29) is 45.5 Å². The van der Waals surface area contributed by atoms with Gasteiger partial charge in [0.05, 0.1) is 55.4 Å². The van der Waals surface area contributed by atoms with E-state index in [4.69, 9.17) is 23.7 Å². The first-order chi connectivity index (χ1) is 25.5. The Morgan fingerprint density at radius 2 is 1.49 bits per heavy atom. The highest BCUT2D eigenvalue weighted by molar-refractivity contribution is 5.33. The molecule has 0 bridgehead atoms. The maximum Gasteiger partial charge on any atom is 0.187 e. The summed E-state index contributed by atoms with van der Waals surface area (Å²) in [5.74, 6) is -0.0277. The van der Waals surface area contributed by atoms with Crippen molar-refractivity contribution in [2.24, 2.45) is 44.8 Å². The minimum Gasteiger partial charge on any atom is -0.394 e. The van der Waals surface area contributed by atoms with E-state index in [0.29, 0.717) is 19.3 Å². The zero-order chi connectivity index (χ0) is 40.1. The summed E-state index contributed by atoms with van der Waals surface area (Å²) in [5, 5.41) is 98.2. The van der Waals surface area contributed by atoms with Crippen LogP contribution < -0.4 is 0 Å². The average molecular weight is 785 g/mol. The lowest BCUT2D eigenvalue weighted by molar-refractivity contribution is -0.355. The fraction of sp³-hybridized carbons (Fsp3) is 1.00. The number of aliphatic hydroxyl groups is 9. The van der Waals surface area contributed by atoms with Crippen molar-refractivity contribution in [1.29, 1.82) is 0 Å². The first-order valence-corrected chi connectivity index (χ1v) is 20.8. The molecule has 5 saturated carbocycles. The lowest BCUT2D eigenvalue weighted by Gasteiger charge is -2.65. The molecule has 8 aliphatic rings. The maximum atomic E-state index is 12.4. The lowest BCUT2D eigenvalue weighted by Crippen LogP contribution is -2.65. The van der Waals surface area contributed by atoms with Gasteiger partial charge in [-0.1, -0.05) is 27.7 Å². The van der Waals surface area contributed by atoms with Gasteiger partial charge in [0.2, 0.25) is 0 Å². The standard InChI is InChI=1S/C41H68O14/c1-34(2)24(53-32-28(27(47)26(46)22(16-42)52-32)54-33-31(48)41(50,18-43)19-51-33)9-11-40-17-39(40)13-12-36(5)30(38(7)10-8-25(55-38)35(3,4)49)21(45)15-37(36,6)23(39)14-20(44)29(34)40/h20-33,42-50H,8-19H2,1-7H3/t20-,21-,22+,23-,24+,25-,26+,27-,28+,29+,30+,31-,32-,33-,36+,37-,38+,39-,40+,41+/m0/s1. The second-order valence-corrected chi connectivity index (χ2v) is 21.2. The van der Waals surface area contributed by atoms with Gasteiger partial charge < -0.3 is 69.6 Å². The van der Waals surface area contributed by atoms with Crippen molar-refractivity contribution in [3.8, 4) is 0 Å². The summed E-state index contributed by atoms with van der Waals surface area (Å²) in [5.41, 5.74) is -4.71. The number of ether oxygens (including phenoxy) is 5. The highest BCUT2D eigenvalue weighted by Crippen LogP contribution is 2.89. The van der Waals surface area contributed by atoms with E-state index in [1.807, 2.05) is 0 Å². The van der Waals surface area contributed by atoms with Crippen LogP contribution in [0.25, 0.3) is 0 Å². The molecule has 3 saturated heterocycles. The van der Waals surface area contributed by atoms with Crippen LogP contribution in [-0.4, -0.2) is 150 Å². The SMILES string of the molecule is CC(C)(O)[C@@H]1CC[C@](C)([C@@H]2[C@@H](O)C[C@@]3(C)[C@@H]4C[C@H](O)[C@@H]5C(C)(C)[C@H](O[C@@H]6O[C@H](CO)[C@@H](O)[C@H](O)[C@H]6O[C@@H]6OC[C@](O)(CO)[C@H]6O)CC[C@@]56C[C@@]46CC[C@]23C)O1. The topological polar surface area (TPSA) is 228 Å². The Kier molecular flexibility index (Phi) is 9.71. The fourth-order valence-electron chi connectivity index (χ4n) is 14.9. The molecule has 2 spiro atoms. The summed E-state index contributed by atoms with van der Waals surface area (Å²) in [4.78, 5) is 0. The van der Waals surface area contributed by atoms with E-state index in [1.54, 1.807) is 13.8 Å². The van der Waals surface area contributed by atoms with Crippen molar-refractivity contribution in [2.75, 3.05) is 19.8 Å². The lowest BCUT2D eigenvalue weighted by atomic mass is 9.41. The summed E-state index contributed by atoms with van der Waals surface area (Å²) < 4.78 is 30.9. The Balaban J connectivity index is 1.04. The van der Waals surface area contributed by atoms with Crippen LogP contribution in [0, 0.1) is 44.8 Å². The predicted molar refractivity (Wildman–Crippen MR) is 194 cm³/mol. The average Bonchev–Trinajstić information content (AvgIpc) is 3.25.